The molecular weight excluding hydrogens is 270 g/mol. The van der Waals surface area contributed by atoms with Crippen LogP contribution in [0.1, 0.15) is 32.6 Å². The minimum absolute atomic E-state index is 0.204. The van der Waals surface area contributed by atoms with Crippen LogP contribution in [0.3, 0.4) is 0 Å². The van der Waals surface area contributed by atoms with Crippen LogP contribution in [-0.2, 0) is 19.6 Å². The summed E-state index contributed by atoms with van der Waals surface area (Å²) in [6.07, 6.45) is 4.16. The van der Waals surface area contributed by atoms with Crippen molar-refractivity contribution in [3.05, 3.63) is 0 Å². The molecule has 0 saturated heterocycles. The highest BCUT2D eigenvalue weighted by Gasteiger charge is 2.34. The predicted octanol–water partition coefficient (Wildman–Crippen LogP) is -0.881. The van der Waals surface area contributed by atoms with Crippen LogP contribution in [0, 0.1) is 0 Å². The Bertz CT molecular complexity index is 397. The molecule has 0 heterocycles. The average Bonchev–Trinajstić information content (AvgIpc) is 2.34. The number of carbonyl (C=O) groups is 1. The zero-order valence-corrected chi connectivity index (χ0v) is 12.1. The zero-order valence-electron chi connectivity index (χ0n) is 11.3. The summed E-state index contributed by atoms with van der Waals surface area (Å²) in [5.41, 5.74) is 10.9. The van der Waals surface area contributed by atoms with Gasteiger partial charge in [0.25, 0.3) is 5.91 Å². The second-order valence-corrected chi connectivity index (χ2v) is 6.19. The van der Waals surface area contributed by atoms with Gasteiger partial charge in [-0.05, 0) is 32.2 Å². The van der Waals surface area contributed by atoms with Crippen molar-refractivity contribution in [3.8, 4) is 0 Å². The van der Waals surface area contributed by atoms with Gasteiger partial charge in [0.15, 0.2) is 0 Å². The minimum Gasteiger partial charge on any atom is -0.330 e. The van der Waals surface area contributed by atoms with Gasteiger partial charge in [0.05, 0.1) is 12.3 Å². The molecule has 2 atom stereocenters. The maximum Gasteiger partial charge on any atom is 0.253 e. The summed E-state index contributed by atoms with van der Waals surface area (Å²) in [4.78, 5) is 22.9. The highest BCUT2D eigenvalue weighted by atomic mass is 32.2. The minimum atomic E-state index is -3.86. The molecule has 0 fully saturated rings. The molecule has 1 amide bonds. The van der Waals surface area contributed by atoms with Crippen LogP contribution in [0.15, 0.2) is 0 Å². The molecule has 0 aliphatic rings. The van der Waals surface area contributed by atoms with Crippen molar-refractivity contribution in [2.75, 3.05) is 12.8 Å². The lowest BCUT2D eigenvalue weighted by atomic mass is 10.1. The number of hydrogen-bond donors (Lipinski definition) is 2. The smallest absolute Gasteiger partial charge is 0.253 e. The molecule has 0 rings (SSSR count). The standard InChI is InChI=1S/C11H22N3O4S/c1-3-10(13)11(16)14(19(2,17)18)9(8-15)6-4-5-7-12/h9-10H,3-7,12-13H2,1-2H3/t9-,10?/m1/s1. The average molecular weight is 292 g/mol. The van der Waals surface area contributed by atoms with E-state index in [1.54, 1.807) is 13.2 Å². The van der Waals surface area contributed by atoms with Crippen molar-refractivity contribution in [1.29, 1.82) is 0 Å². The first-order valence-electron chi connectivity index (χ1n) is 6.16. The molecule has 0 spiro atoms. The molecule has 111 valence electrons. The van der Waals surface area contributed by atoms with Crippen LogP contribution in [0.2, 0.25) is 0 Å². The second kappa shape index (κ2) is 8.23. The summed E-state index contributed by atoms with van der Waals surface area (Å²) < 4.78 is 23.9. The molecule has 7 nitrogen and oxygen atoms in total. The fourth-order valence-electron chi connectivity index (χ4n) is 1.59. The molecule has 19 heavy (non-hydrogen) atoms. The van der Waals surface area contributed by atoms with Gasteiger partial charge in [-0.1, -0.05) is 6.92 Å². The topological polar surface area (TPSA) is 124 Å². The summed E-state index contributed by atoms with van der Waals surface area (Å²) in [6.45, 7) is 2.10. The summed E-state index contributed by atoms with van der Waals surface area (Å²) >= 11 is 0. The van der Waals surface area contributed by atoms with Crippen molar-refractivity contribution in [2.24, 2.45) is 11.5 Å². The van der Waals surface area contributed by atoms with Crippen LogP contribution in [0.4, 0.5) is 0 Å². The highest BCUT2D eigenvalue weighted by molar-refractivity contribution is 7.88. The van der Waals surface area contributed by atoms with E-state index in [9.17, 15) is 18.0 Å². The Kier molecular flexibility index (Phi) is 7.81. The van der Waals surface area contributed by atoms with E-state index in [2.05, 4.69) is 0 Å². The second-order valence-electron chi connectivity index (χ2n) is 4.33. The van der Waals surface area contributed by atoms with Gasteiger partial charge in [-0.15, -0.1) is 0 Å². The van der Waals surface area contributed by atoms with Crippen molar-refractivity contribution in [3.63, 3.8) is 0 Å². The van der Waals surface area contributed by atoms with Crippen LogP contribution in [0.25, 0.3) is 0 Å². The monoisotopic (exact) mass is 292 g/mol. The van der Waals surface area contributed by atoms with E-state index < -0.39 is 28.0 Å². The van der Waals surface area contributed by atoms with Crippen molar-refractivity contribution in [1.82, 2.24) is 4.31 Å². The van der Waals surface area contributed by atoms with Crippen molar-refractivity contribution in [2.45, 2.75) is 44.7 Å². The Morgan fingerprint density at radius 1 is 1.37 bits per heavy atom. The molecular formula is C11H22N3O4S. The lowest BCUT2D eigenvalue weighted by Crippen LogP contribution is -2.51. The molecule has 0 bridgehead atoms. The van der Waals surface area contributed by atoms with Crippen LogP contribution in [-0.4, -0.2) is 49.8 Å². The largest absolute Gasteiger partial charge is 0.330 e. The van der Waals surface area contributed by atoms with E-state index in [0.717, 1.165) is 6.26 Å². The Balaban J connectivity index is 5.12. The number of nitrogens with zero attached hydrogens (tertiary/aromatic N) is 1. The molecule has 0 aliphatic carbocycles. The molecule has 0 aliphatic heterocycles. The third kappa shape index (κ3) is 5.66. The van der Waals surface area contributed by atoms with E-state index in [1.165, 1.54) is 0 Å². The van der Waals surface area contributed by atoms with Crippen LogP contribution < -0.4 is 11.5 Å². The Labute approximate surface area is 114 Å². The number of nitrogens with two attached hydrogens (primary N) is 2. The number of hydrogen-bond acceptors (Lipinski definition) is 6. The maximum absolute atomic E-state index is 12.0. The van der Waals surface area contributed by atoms with Gasteiger partial charge in [0, 0.05) is 0 Å². The summed E-state index contributed by atoms with van der Waals surface area (Å²) in [5.74, 6) is -0.772. The fourth-order valence-corrected chi connectivity index (χ4v) is 2.67. The molecule has 1 radical (unpaired) electrons. The molecule has 0 aromatic rings. The predicted molar refractivity (Wildman–Crippen MR) is 72.3 cm³/mol. The van der Waals surface area contributed by atoms with E-state index in [1.807, 2.05) is 0 Å². The lowest BCUT2D eigenvalue weighted by molar-refractivity contribution is -0.128. The molecule has 0 aromatic heterocycles. The third-order valence-electron chi connectivity index (χ3n) is 2.68. The molecule has 4 N–H and O–H groups in total. The SMILES string of the molecule is CCC(N)C(=O)N([C@@H]([C]=O)CCCCN)S(C)(=O)=O. The van der Waals surface area contributed by atoms with Gasteiger partial charge in [-0.3, -0.25) is 9.59 Å². The van der Waals surface area contributed by atoms with Gasteiger partial charge in [0.2, 0.25) is 16.3 Å². The normalized spacial score (nSPS) is 14.7. The number of unbranched alkanes of at least 4 members (excludes halogenated alkanes) is 1. The Hall–Kier alpha value is -0.990. The van der Waals surface area contributed by atoms with Gasteiger partial charge < -0.3 is 11.5 Å². The van der Waals surface area contributed by atoms with Gasteiger partial charge in [-0.2, -0.15) is 0 Å². The van der Waals surface area contributed by atoms with E-state index >= 15 is 0 Å². The summed E-state index contributed by atoms with van der Waals surface area (Å²) in [6, 6.07) is -2.08. The van der Waals surface area contributed by atoms with Crippen molar-refractivity contribution >= 4 is 22.2 Å². The Morgan fingerprint density at radius 2 is 1.95 bits per heavy atom. The molecule has 0 saturated carbocycles. The van der Waals surface area contributed by atoms with E-state index in [0.29, 0.717) is 30.1 Å². The van der Waals surface area contributed by atoms with E-state index in [4.69, 9.17) is 11.5 Å². The van der Waals surface area contributed by atoms with Crippen LogP contribution >= 0.6 is 0 Å². The van der Waals surface area contributed by atoms with Crippen LogP contribution in [0.5, 0.6) is 0 Å². The number of rotatable bonds is 9. The summed E-state index contributed by atoms with van der Waals surface area (Å²) in [7, 11) is -3.86. The first-order chi connectivity index (χ1) is 8.79. The Morgan fingerprint density at radius 3 is 2.32 bits per heavy atom. The highest BCUT2D eigenvalue weighted by Crippen LogP contribution is 2.13. The fraction of sp³-hybridized carbons (Fsp3) is 0.818. The molecule has 8 heteroatoms. The van der Waals surface area contributed by atoms with Gasteiger partial charge in [-0.25, -0.2) is 12.7 Å². The number of amides is 1. The number of carbonyl (C=O) groups excluding carboxylic acids is 2. The number of sulfonamides is 1. The van der Waals surface area contributed by atoms with Gasteiger partial charge >= 0.3 is 0 Å². The van der Waals surface area contributed by atoms with Gasteiger partial charge in [0.1, 0.15) is 6.04 Å². The molecule has 1 unspecified atom stereocenters. The third-order valence-corrected chi connectivity index (χ3v) is 3.83. The summed E-state index contributed by atoms with van der Waals surface area (Å²) in [5, 5.41) is 0. The first-order valence-corrected chi connectivity index (χ1v) is 8.01. The quantitative estimate of drug-likeness (QED) is 0.532. The van der Waals surface area contributed by atoms with Crippen molar-refractivity contribution < 1.29 is 18.0 Å². The zero-order chi connectivity index (χ0) is 15.1. The lowest BCUT2D eigenvalue weighted by Gasteiger charge is -2.27. The molecule has 0 aromatic carbocycles. The first kappa shape index (κ1) is 18.0. The van der Waals surface area contributed by atoms with E-state index in [-0.39, 0.29) is 6.42 Å². The maximum atomic E-state index is 12.0.